The predicted molar refractivity (Wildman–Crippen MR) is 117 cm³/mol. The van der Waals surface area contributed by atoms with Gasteiger partial charge in [-0.1, -0.05) is 6.07 Å². The molecule has 0 spiro atoms. The fraction of sp³-hybridized carbons (Fsp3) is 0.417. The molecule has 1 aliphatic carbocycles. The van der Waals surface area contributed by atoms with Crippen LogP contribution in [0.5, 0.6) is 11.5 Å². The largest absolute Gasteiger partial charge is 0.493 e. The second-order valence-corrected chi connectivity index (χ2v) is 8.30. The highest BCUT2D eigenvalue weighted by molar-refractivity contribution is 5.95. The van der Waals surface area contributed by atoms with Crippen molar-refractivity contribution in [3.8, 4) is 11.5 Å². The molecule has 0 bridgehead atoms. The first-order chi connectivity index (χ1) is 15.0. The van der Waals surface area contributed by atoms with Gasteiger partial charge in [0, 0.05) is 29.2 Å². The van der Waals surface area contributed by atoms with Gasteiger partial charge in [-0.05, 0) is 74.8 Å². The van der Waals surface area contributed by atoms with E-state index in [0.717, 1.165) is 49.4 Å². The SMILES string of the molecule is COc1ccc(C23CC/C(=N\NC(=O)c4ccc(F)cc4)CC2N(C)CC3)cc1OC. The van der Waals surface area contributed by atoms with E-state index < -0.39 is 0 Å². The Morgan fingerprint density at radius 1 is 1.13 bits per heavy atom. The zero-order valence-corrected chi connectivity index (χ0v) is 18.2. The van der Waals surface area contributed by atoms with Crippen molar-refractivity contribution < 1.29 is 18.7 Å². The monoisotopic (exact) mass is 425 g/mol. The molecular weight excluding hydrogens is 397 g/mol. The number of methoxy groups -OCH3 is 2. The standard InChI is InChI=1S/C24H28FN3O3/c1-28-13-12-24(17-6-9-20(30-2)21(14-17)31-3)11-10-19(15-22(24)28)26-27-23(29)16-4-7-18(25)8-5-16/h4-9,14,22H,10-13,15H2,1-3H3,(H,27,29)/b26-19+. The van der Waals surface area contributed by atoms with Gasteiger partial charge in [0.25, 0.3) is 5.91 Å². The molecule has 1 amide bonds. The normalized spacial score (nSPS) is 24.6. The first-order valence-electron chi connectivity index (χ1n) is 10.5. The van der Waals surface area contributed by atoms with Crippen molar-refractivity contribution in [1.29, 1.82) is 0 Å². The molecule has 2 aliphatic rings. The fourth-order valence-corrected chi connectivity index (χ4v) is 4.98. The molecule has 164 valence electrons. The molecule has 2 aromatic rings. The molecule has 1 aliphatic heterocycles. The van der Waals surface area contributed by atoms with Gasteiger partial charge in [-0.2, -0.15) is 5.10 Å². The van der Waals surface area contributed by atoms with Crippen LogP contribution >= 0.6 is 0 Å². The van der Waals surface area contributed by atoms with Crippen molar-refractivity contribution in [3.63, 3.8) is 0 Å². The average molecular weight is 426 g/mol. The molecule has 4 rings (SSSR count). The van der Waals surface area contributed by atoms with Crippen LogP contribution in [-0.2, 0) is 5.41 Å². The van der Waals surface area contributed by atoms with Gasteiger partial charge in [-0.25, -0.2) is 9.82 Å². The summed E-state index contributed by atoms with van der Waals surface area (Å²) in [4.78, 5) is 14.7. The Morgan fingerprint density at radius 3 is 2.58 bits per heavy atom. The number of halogens is 1. The highest BCUT2D eigenvalue weighted by Crippen LogP contribution is 2.49. The van der Waals surface area contributed by atoms with Gasteiger partial charge in [0.2, 0.25) is 0 Å². The van der Waals surface area contributed by atoms with Gasteiger partial charge in [-0.3, -0.25) is 4.79 Å². The van der Waals surface area contributed by atoms with Gasteiger partial charge in [-0.15, -0.1) is 0 Å². The van der Waals surface area contributed by atoms with Crippen LogP contribution in [0.2, 0.25) is 0 Å². The number of amides is 1. The van der Waals surface area contributed by atoms with Gasteiger partial charge < -0.3 is 14.4 Å². The molecule has 2 atom stereocenters. The summed E-state index contributed by atoms with van der Waals surface area (Å²) in [5.41, 5.74) is 5.29. The Bertz CT molecular complexity index is 992. The minimum Gasteiger partial charge on any atom is -0.493 e. The summed E-state index contributed by atoms with van der Waals surface area (Å²) in [5.74, 6) is 0.774. The maximum atomic E-state index is 13.1. The fourth-order valence-electron chi connectivity index (χ4n) is 4.98. The molecule has 6 nitrogen and oxygen atoms in total. The number of carbonyl (C=O) groups excluding carboxylic acids is 1. The summed E-state index contributed by atoms with van der Waals surface area (Å²) >= 11 is 0. The Labute approximate surface area is 182 Å². The van der Waals surface area contributed by atoms with Crippen LogP contribution in [0.15, 0.2) is 47.6 Å². The molecule has 1 saturated carbocycles. The number of rotatable bonds is 5. The molecule has 0 radical (unpaired) electrons. The summed E-state index contributed by atoms with van der Waals surface area (Å²) < 4.78 is 24.0. The molecule has 7 heteroatoms. The molecule has 1 saturated heterocycles. The van der Waals surface area contributed by atoms with Gasteiger partial charge >= 0.3 is 0 Å². The summed E-state index contributed by atoms with van der Waals surface area (Å²) in [6, 6.07) is 12.0. The van der Waals surface area contributed by atoms with Crippen molar-refractivity contribution in [2.75, 3.05) is 27.8 Å². The predicted octanol–water partition coefficient (Wildman–Crippen LogP) is 3.75. The smallest absolute Gasteiger partial charge is 0.271 e. The minimum atomic E-state index is -0.370. The number of likely N-dealkylation sites (tertiary alicyclic amines) is 1. The second-order valence-electron chi connectivity index (χ2n) is 8.30. The summed E-state index contributed by atoms with van der Waals surface area (Å²) in [7, 11) is 5.45. The van der Waals surface area contributed by atoms with Crippen molar-refractivity contribution in [3.05, 3.63) is 59.4 Å². The van der Waals surface area contributed by atoms with Crippen LogP contribution in [0.1, 0.15) is 41.6 Å². The van der Waals surface area contributed by atoms with E-state index in [4.69, 9.17) is 9.47 Å². The zero-order valence-electron chi connectivity index (χ0n) is 18.2. The number of fused-ring (bicyclic) bond motifs is 1. The lowest BCUT2D eigenvalue weighted by Gasteiger charge is -2.42. The maximum absolute atomic E-state index is 13.1. The third kappa shape index (κ3) is 4.02. The van der Waals surface area contributed by atoms with E-state index in [1.54, 1.807) is 14.2 Å². The van der Waals surface area contributed by atoms with Crippen LogP contribution < -0.4 is 14.9 Å². The quantitative estimate of drug-likeness (QED) is 0.741. The molecule has 31 heavy (non-hydrogen) atoms. The van der Waals surface area contributed by atoms with Crippen LogP contribution in [0.4, 0.5) is 4.39 Å². The van der Waals surface area contributed by atoms with Gasteiger partial charge in [0.15, 0.2) is 11.5 Å². The van der Waals surface area contributed by atoms with Crippen molar-refractivity contribution in [2.45, 2.75) is 37.1 Å². The van der Waals surface area contributed by atoms with Gasteiger partial charge in [0.05, 0.1) is 14.2 Å². The lowest BCUT2D eigenvalue weighted by atomic mass is 9.65. The van der Waals surface area contributed by atoms with E-state index in [0.29, 0.717) is 11.6 Å². The lowest BCUT2D eigenvalue weighted by Crippen LogP contribution is -2.46. The number of likely N-dealkylation sites (N-methyl/N-ethyl adjacent to an activating group) is 1. The number of nitrogens with zero attached hydrogens (tertiary/aromatic N) is 2. The molecule has 2 unspecified atom stereocenters. The van der Waals surface area contributed by atoms with E-state index in [-0.39, 0.29) is 17.1 Å². The van der Waals surface area contributed by atoms with Crippen LogP contribution in [0, 0.1) is 5.82 Å². The number of ether oxygens (including phenoxy) is 2. The van der Waals surface area contributed by atoms with E-state index >= 15 is 0 Å². The summed E-state index contributed by atoms with van der Waals surface area (Å²) in [6.45, 7) is 1.01. The molecule has 1 heterocycles. The van der Waals surface area contributed by atoms with Crippen molar-refractivity contribution >= 4 is 11.6 Å². The molecular formula is C24H28FN3O3. The maximum Gasteiger partial charge on any atom is 0.271 e. The molecule has 1 N–H and O–H groups in total. The highest BCUT2D eigenvalue weighted by atomic mass is 19.1. The molecule has 2 aromatic carbocycles. The summed E-state index contributed by atoms with van der Waals surface area (Å²) in [6.07, 6.45) is 3.61. The first kappa shape index (κ1) is 21.3. The van der Waals surface area contributed by atoms with E-state index in [1.165, 1.54) is 29.8 Å². The van der Waals surface area contributed by atoms with Crippen LogP contribution in [0.3, 0.4) is 0 Å². The first-order valence-corrected chi connectivity index (χ1v) is 10.5. The number of hydrogen-bond donors (Lipinski definition) is 1. The third-order valence-corrected chi connectivity index (χ3v) is 6.75. The molecule has 0 aromatic heterocycles. The Balaban J connectivity index is 1.53. The third-order valence-electron chi connectivity index (χ3n) is 6.75. The minimum absolute atomic E-state index is 0.0221. The van der Waals surface area contributed by atoms with Gasteiger partial charge in [0.1, 0.15) is 5.82 Å². The topological polar surface area (TPSA) is 63.2 Å². The van der Waals surface area contributed by atoms with E-state index in [1.807, 2.05) is 6.07 Å². The van der Waals surface area contributed by atoms with Crippen LogP contribution in [0.25, 0.3) is 0 Å². The number of benzene rings is 2. The zero-order chi connectivity index (χ0) is 22.0. The van der Waals surface area contributed by atoms with E-state index in [9.17, 15) is 9.18 Å². The summed E-state index contributed by atoms with van der Waals surface area (Å²) in [5, 5.41) is 4.41. The van der Waals surface area contributed by atoms with E-state index in [2.05, 4.69) is 34.6 Å². The van der Waals surface area contributed by atoms with Crippen molar-refractivity contribution in [2.24, 2.45) is 5.10 Å². The number of nitrogens with one attached hydrogen (secondary N) is 1. The molecule has 2 fully saturated rings. The Morgan fingerprint density at radius 2 is 1.87 bits per heavy atom. The van der Waals surface area contributed by atoms with Crippen molar-refractivity contribution in [1.82, 2.24) is 10.3 Å². The number of hydrogen-bond acceptors (Lipinski definition) is 5. The number of carbonyl (C=O) groups is 1. The second kappa shape index (κ2) is 8.67. The Kier molecular flexibility index (Phi) is 5.96. The van der Waals surface area contributed by atoms with Crippen LogP contribution in [-0.4, -0.2) is 50.4 Å². The number of hydrazone groups is 1. The lowest BCUT2D eigenvalue weighted by molar-refractivity contribution is 0.0954. The Hall–Kier alpha value is -2.93. The highest BCUT2D eigenvalue weighted by Gasteiger charge is 2.49. The average Bonchev–Trinajstić information content (AvgIpc) is 3.14.